The van der Waals surface area contributed by atoms with Crippen molar-refractivity contribution in [3.63, 3.8) is 0 Å². The van der Waals surface area contributed by atoms with Crippen molar-refractivity contribution in [3.05, 3.63) is 18.0 Å². The number of nitrogens with zero attached hydrogens (tertiary/aromatic N) is 2. The average molecular weight is 277 g/mol. The lowest BCUT2D eigenvalue weighted by molar-refractivity contribution is -0.142. The van der Waals surface area contributed by atoms with Crippen molar-refractivity contribution in [2.24, 2.45) is 0 Å². The maximum Gasteiger partial charge on any atom is 0.435 e. The lowest BCUT2D eigenvalue weighted by Gasteiger charge is -2.18. The third kappa shape index (κ3) is 3.97. The van der Waals surface area contributed by atoms with Gasteiger partial charge in [0.25, 0.3) is 0 Å². The standard InChI is InChI=1S/C12H18F3N3O/c1-4-9(5-2)16-11(19)8(3)18-7-6-10(17-18)12(13,14)15/h6-9H,4-5H2,1-3H3,(H,16,19). The number of aromatic nitrogens is 2. The molecular formula is C12H18F3N3O. The molecule has 0 aliphatic rings. The Hall–Kier alpha value is -1.53. The molecule has 0 bridgehead atoms. The summed E-state index contributed by atoms with van der Waals surface area (Å²) in [5.74, 6) is -0.328. The molecule has 108 valence electrons. The van der Waals surface area contributed by atoms with Crippen LogP contribution >= 0.6 is 0 Å². The van der Waals surface area contributed by atoms with E-state index < -0.39 is 17.9 Å². The van der Waals surface area contributed by atoms with Gasteiger partial charge in [0.1, 0.15) is 6.04 Å². The van der Waals surface area contributed by atoms with Crippen LogP contribution in [0.1, 0.15) is 45.3 Å². The van der Waals surface area contributed by atoms with Crippen LogP contribution in [0.15, 0.2) is 12.3 Å². The van der Waals surface area contributed by atoms with Crippen LogP contribution in [-0.4, -0.2) is 21.7 Å². The number of nitrogens with one attached hydrogen (secondary N) is 1. The molecule has 1 unspecified atom stereocenters. The second kappa shape index (κ2) is 6.08. The summed E-state index contributed by atoms with van der Waals surface area (Å²) in [6.07, 6.45) is -1.76. The van der Waals surface area contributed by atoms with Gasteiger partial charge in [-0.15, -0.1) is 0 Å². The maximum absolute atomic E-state index is 12.4. The number of carbonyl (C=O) groups is 1. The zero-order chi connectivity index (χ0) is 14.6. The zero-order valence-electron chi connectivity index (χ0n) is 11.2. The molecule has 0 spiro atoms. The highest BCUT2D eigenvalue weighted by molar-refractivity contribution is 5.80. The largest absolute Gasteiger partial charge is 0.435 e. The van der Waals surface area contributed by atoms with Crippen LogP contribution in [0.25, 0.3) is 0 Å². The Morgan fingerprint density at radius 3 is 2.42 bits per heavy atom. The molecule has 1 amide bonds. The van der Waals surface area contributed by atoms with Crippen LogP contribution in [0.4, 0.5) is 13.2 Å². The van der Waals surface area contributed by atoms with Gasteiger partial charge in [-0.05, 0) is 25.8 Å². The molecule has 1 atom stereocenters. The van der Waals surface area contributed by atoms with Crippen molar-refractivity contribution in [3.8, 4) is 0 Å². The summed E-state index contributed by atoms with van der Waals surface area (Å²) in [5.41, 5.74) is -0.991. The second-order valence-corrected chi connectivity index (χ2v) is 4.38. The van der Waals surface area contributed by atoms with E-state index in [0.717, 1.165) is 23.6 Å². The number of halogens is 3. The Kier molecular flexibility index (Phi) is 4.97. The molecule has 0 saturated heterocycles. The summed E-state index contributed by atoms with van der Waals surface area (Å²) in [7, 11) is 0. The van der Waals surface area contributed by atoms with Gasteiger partial charge in [0, 0.05) is 12.2 Å². The number of carbonyl (C=O) groups excluding carboxylic acids is 1. The number of hydrogen-bond acceptors (Lipinski definition) is 2. The van der Waals surface area contributed by atoms with Crippen LogP contribution in [0.2, 0.25) is 0 Å². The Balaban J connectivity index is 2.74. The molecule has 7 heteroatoms. The topological polar surface area (TPSA) is 46.9 Å². The normalized spacial score (nSPS) is 13.6. The number of amides is 1. The van der Waals surface area contributed by atoms with Crippen molar-refractivity contribution >= 4 is 5.91 Å². The summed E-state index contributed by atoms with van der Waals surface area (Å²) in [5, 5.41) is 6.17. The van der Waals surface area contributed by atoms with Gasteiger partial charge in [-0.25, -0.2) is 0 Å². The highest BCUT2D eigenvalue weighted by atomic mass is 19.4. The molecule has 0 aromatic carbocycles. The van der Waals surface area contributed by atoms with Crippen molar-refractivity contribution in [2.45, 2.75) is 51.9 Å². The Bertz CT molecular complexity index is 424. The Labute approximate surface area is 110 Å². The van der Waals surface area contributed by atoms with Gasteiger partial charge in [0.15, 0.2) is 5.69 Å². The van der Waals surface area contributed by atoms with E-state index in [0.29, 0.717) is 0 Å². The van der Waals surface area contributed by atoms with Crippen molar-refractivity contribution in [1.29, 1.82) is 0 Å². The predicted molar refractivity (Wildman–Crippen MR) is 64.5 cm³/mol. The minimum atomic E-state index is -4.49. The van der Waals surface area contributed by atoms with Crippen molar-refractivity contribution in [2.75, 3.05) is 0 Å². The zero-order valence-corrected chi connectivity index (χ0v) is 11.2. The van der Waals surface area contributed by atoms with E-state index in [2.05, 4.69) is 10.4 Å². The monoisotopic (exact) mass is 277 g/mol. The van der Waals surface area contributed by atoms with E-state index in [4.69, 9.17) is 0 Å². The molecule has 0 fully saturated rings. The first kappa shape index (κ1) is 15.5. The van der Waals surface area contributed by atoms with Gasteiger partial charge >= 0.3 is 6.18 Å². The molecule has 1 aromatic heterocycles. The second-order valence-electron chi connectivity index (χ2n) is 4.38. The molecule has 1 rings (SSSR count). The predicted octanol–water partition coefficient (Wildman–Crippen LogP) is 2.77. The van der Waals surface area contributed by atoms with Crippen LogP contribution in [0.5, 0.6) is 0 Å². The molecule has 0 saturated carbocycles. The first-order valence-electron chi connectivity index (χ1n) is 6.22. The molecular weight excluding hydrogens is 259 g/mol. The summed E-state index contributed by atoms with van der Waals surface area (Å²) in [6.45, 7) is 5.40. The molecule has 19 heavy (non-hydrogen) atoms. The van der Waals surface area contributed by atoms with Gasteiger partial charge < -0.3 is 5.32 Å². The number of hydrogen-bond donors (Lipinski definition) is 1. The van der Waals surface area contributed by atoms with E-state index >= 15 is 0 Å². The SMILES string of the molecule is CCC(CC)NC(=O)C(C)n1ccc(C(F)(F)F)n1. The number of rotatable bonds is 5. The van der Waals surface area contributed by atoms with Gasteiger partial charge in [0.05, 0.1) is 0 Å². The first-order chi connectivity index (χ1) is 8.79. The highest BCUT2D eigenvalue weighted by Gasteiger charge is 2.34. The van der Waals surface area contributed by atoms with Crippen molar-refractivity contribution in [1.82, 2.24) is 15.1 Å². The molecule has 0 aliphatic carbocycles. The molecule has 0 aliphatic heterocycles. The van der Waals surface area contributed by atoms with Gasteiger partial charge in [-0.3, -0.25) is 9.48 Å². The molecule has 0 radical (unpaired) electrons. The lowest BCUT2D eigenvalue weighted by atomic mass is 10.1. The van der Waals surface area contributed by atoms with Crippen molar-refractivity contribution < 1.29 is 18.0 Å². The van der Waals surface area contributed by atoms with Crippen LogP contribution in [-0.2, 0) is 11.0 Å². The van der Waals surface area contributed by atoms with Gasteiger partial charge in [0.2, 0.25) is 5.91 Å². The average Bonchev–Trinajstić information content (AvgIpc) is 2.83. The summed E-state index contributed by atoms with van der Waals surface area (Å²) in [4.78, 5) is 11.9. The van der Waals surface area contributed by atoms with Crippen LogP contribution < -0.4 is 5.32 Å². The molecule has 4 nitrogen and oxygen atoms in total. The van der Waals surface area contributed by atoms with E-state index in [-0.39, 0.29) is 11.9 Å². The van der Waals surface area contributed by atoms with E-state index in [1.54, 1.807) is 0 Å². The van der Waals surface area contributed by atoms with E-state index in [1.165, 1.54) is 13.1 Å². The summed E-state index contributed by atoms with van der Waals surface area (Å²) in [6, 6.07) is 0.130. The lowest BCUT2D eigenvalue weighted by Crippen LogP contribution is -2.38. The minimum Gasteiger partial charge on any atom is -0.352 e. The third-order valence-electron chi connectivity index (χ3n) is 3.01. The Morgan fingerprint density at radius 2 is 2.00 bits per heavy atom. The smallest absolute Gasteiger partial charge is 0.352 e. The van der Waals surface area contributed by atoms with Gasteiger partial charge in [-0.1, -0.05) is 13.8 Å². The fourth-order valence-corrected chi connectivity index (χ4v) is 1.64. The fourth-order valence-electron chi connectivity index (χ4n) is 1.64. The first-order valence-corrected chi connectivity index (χ1v) is 6.22. The third-order valence-corrected chi connectivity index (χ3v) is 3.01. The van der Waals surface area contributed by atoms with E-state index in [9.17, 15) is 18.0 Å². The van der Waals surface area contributed by atoms with E-state index in [1.807, 2.05) is 13.8 Å². The summed E-state index contributed by atoms with van der Waals surface area (Å²) < 4.78 is 38.3. The minimum absolute atomic E-state index is 0.0348. The number of alkyl halides is 3. The van der Waals surface area contributed by atoms with Crippen LogP contribution in [0.3, 0.4) is 0 Å². The molecule has 1 N–H and O–H groups in total. The summed E-state index contributed by atoms with van der Waals surface area (Å²) >= 11 is 0. The van der Waals surface area contributed by atoms with Gasteiger partial charge in [-0.2, -0.15) is 18.3 Å². The highest BCUT2D eigenvalue weighted by Crippen LogP contribution is 2.27. The Morgan fingerprint density at radius 1 is 1.42 bits per heavy atom. The molecule has 1 aromatic rings. The van der Waals surface area contributed by atoms with Crippen LogP contribution in [0, 0.1) is 0 Å². The maximum atomic E-state index is 12.4. The quantitative estimate of drug-likeness (QED) is 0.899. The molecule has 1 heterocycles. The fraction of sp³-hybridized carbons (Fsp3) is 0.667.